The summed E-state index contributed by atoms with van der Waals surface area (Å²) in [5.74, 6) is 2.13. The van der Waals surface area contributed by atoms with Gasteiger partial charge in [0.05, 0.1) is 13.0 Å². The monoisotopic (exact) mass is 288 g/mol. The van der Waals surface area contributed by atoms with Crippen LogP contribution in [0, 0.1) is 17.8 Å². The van der Waals surface area contributed by atoms with E-state index in [2.05, 4.69) is 11.4 Å². The lowest BCUT2D eigenvalue weighted by Gasteiger charge is -2.27. The van der Waals surface area contributed by atoms with Gasteiger partial charge in [-0.3, -0.25) is 4.79 Å². The molecule has 4 heteroatoms. The molecule has 3 N–H and O–H groups in total. The summed E-state index contributed by atoms with van der Waals surface area (Å²) in [5, 5.41) is 3.07. The smallest absolute Gasteiger partial charge is 0.224 e. The Morgan fingerprint density at radius 1 is 1.38 bits per heavy atom. The van der Waals surface area contributed by atoms with E-state index in [-0.39, 0.29) is 17.9 Å². The first kappa shape index (κ1) is 14.4. The third-order valence-electron chi connectivity index (χ3n) is 5.13. The molecule has 114 valence electrons. The van der Waals surface area contributed by atoms with Gasteiger partial charge in [-0.1, -0.05) is 12.1 Å². The van der Waals surface area contributed by atoms with Crippen molar-refractivity contribution in [2.75, 3.05) is 13.7 Å². The number of carbonyl (C=O) groups excluding carboxylic acids is 1. The molecule has 1 amide bonds. The van der Waals surface area contributed by atoms with Crippen LogP contribution in [0.4, 0.5) is 0 Å². The molecule has 3 rings (SSSR count). The quantitative estimate of drug-likeness (QED) is 0.867. The Balaban J connectivity index is 1.50. The maximum Gasteiger partial charge on any atom is 0.224 e. The summed E-state index contributed by atoms with van der Waals surface area (Å²) < 4.78 is 5.21. The molecular weight excluding hydrogens is 264 g/mol. The van der Waals surface area contributed by atoms with E-state index in [1.165, 1.54) is 18.4 Å². The maximum atomic E-state index is 12.3. The summed E-state index contributed by atoms with van der Waals surface area (Å²) in [6.45, 7) is 0.659. The highest BCUT2D eigenvalue weighted by atomic mass is 16.5. The van der Waals surface area contributed by atoms with Crippen LogP contribution in [-0.2, 0) is 11.2 Å². The van der Waals surface area contributed by atoms with E-state index in [4.69, 9.17) is 10.5 Å². The van der Waals surface area contributed by atoms with Gasteiger partial charge in [0.1, 0.15) is 5.75 Å². The van der Waals surface area contributed by atoms with Gasteiger partial charge in [0.25, 0.3) is 0 Å². The molecule has 0 radical (unpaired) electrons. The Labute approximate surface area is 126 Å². The van der Waals surface area contributed by atoms with Crippen molar-refractivity contribution in [3.63, 3.8) is 0 Å². The van der Waals surface area contributed by atoms with Crippen LogP contribution in [0.5, 0.6) is 5.75 Å². The Hall–Kier alpha value is -1.55. The van der Waals surface area contributed by atoms with Gasteiger partial charge in [0.2, 0.25) is 5.91 Å². The molecule has 0 spiro atoms. The molecule has 0 aliphatic heterocycles. The van der Waals surface area contributed by atoms with Crippen LogP contribution >= 0.6 is 0 Å². The molecule has 2 aliphatic rings. The maximum absolute atomic E-state index is 12.3. The molecule has 2 aliphatic carbocycles. The van der Waals surface area contributed by atoms with Crippen molar-refractivity contribution < 1.29 is 9.53 Å². The Bertz CT molecular complexity index is 515. The molecule has 4 unspecified atom stereocenters. The number of fused-ring (bicyclic) bond motifs is 2. The van der Waals surface area contributed by atoms with Crippen molar-refractivity contribution in [2.24, 2.45) is 23.5 Å². The van der Waals surface area contributed by atoms with E-state index in [1.807, 2.05) is 18.2 Å². The minimum atomic E-state index is 0.0362. The lowest BCUT2D eigenvalue weighted by molar-refractivity contribution is -0.127. The van der Waals surface area contributed by atoms with Gasteiger partial charge in [-0.2, -0.15) is 0 Å². The predicted molar refractivity (Wildman–Crippen MR) is 82.0 cm³/mol. The van der Waals surface area contributed by atoms with Crippen LogP contribution < -0.4 is 15.8 Å². The summed E-state index contributed by atoms with van der Waals surface area (Å²) >= 11 is 0. The minimum absolute atomic E-state index is 0.0362. The first-order chi connectivity index (χ1) is 10.2. The van der Waals surface area contributed by atoms with Crippen LogP contribution in [0.15, 0.2) is 24.3 Å². The van der Waals surface area contributed by atoms with Crippen molar-refractivity contribution in [2.45, 2.75) is 31.7 Å². The number of methoxy groups -OCH3 is 1. The van der Waals surface area contributed by atoms with Gasteiger partial charge in [0.15, 0.2) is 0 Å². The normalized spacial score (nSPS) is 30.4. The van der Waals surface area contributed by atoms with Crippen LogP contribution in [0.3, 0.4) is 0 Å². The van der Waals surface area contributed by atoms with Crippen molar-refractivity contribution >= 4 is 5.91 Å². The van der Waals surface area contributed by atoms with Gasteiger partial charge >= 0.3 is 0 Å². The zero-order valence-electron chi connectivity index (χ0n) is 12.5. The van der Waals surface area contributed by atoms with Crippen LogP contribution in [-0.4, -0.2) is 25.6 Å². The van der Waals surface area contributed by atoms with Crippen molar-refractivity contribution in [1.82, 2.24) is 5.32 Å². The first-order valence-corrected chi connectivity index (χ1v) is 7.85. The largest absolute Gasteiger partial charge is 0.497 e. The van der Waals surface area contributed by atoms with E-state index in [0.29, 0.717) is 18.4 Å². The Morgan fingerprint density at radius 3 is 2.90 bits per heavy atom. The van der Waals surface area contributed by atoms with Crippen LogP contribution in [0.2, 0.25) is 0 Å². The second kappa shape index (κ2) is 6.06. The van der Waals surface area contributed by atoms with Crippen LogP contribution in [0.1, 0.15) is 24.8 Å². The van der Waals surface area contributed by atoms with E-state index < -0.39 is 0 Å². The van der Waals surface area contributed by atoms with E-state index in [1.54, 1.807) is 7.11 Å². The molecule has 1 aromatic rings. The molecule has 1 aromatic carbocycles. The molecule has 2 bridgehead atoms. The standard InChI is InChI=1S/C17H24N2O2/c1-21-14-4-2-3-11(9-14)7-8-19-17(20)15-12-5-6-13(10-12)16(15)18/h2-4,9,12-13,15-16H,5-8,10,18H2,1H3,(H,19,20). The average molecular weight is 288 g/mol. The third kappa shape index (κ3) is 2.91. The molecule has 4 nitrogen and oxygen atoms in total. The van der Waals surface area contributed by atoms with Gasteiger partial charge in [-0.15, -0.1) is 0 Å². The second-order valence-corrected chi connectivity index (χ2v) is 6.33. The zero-order chi connectivity index (χ0) is 14.8. The summed E-state index contributed by atoms with van der Waals surface area (Å²) in [5.41, 5.74) is 7.38. The fraction of sp³-hybridized carbons (Fsp3) is 0.588. The molecule has 0 aromatic heterocycles. The van der Waals surface area contributed by atoms with Crippen molar-refractivity contribution in [3.05, 3.63) is 29.8 Å². The number of ether oxygens (including phenoxy) is 1. The van der Waals surface area contributed by atoms with Gasteiger partial charge in [-0.05, 0) is 55.2 Å². The molecule has 4 atom stereocenters. The number of benzene rings is 1. The average Bonchev–Trinajstić information content (AvgIpc) is 3.08. The highest BCUT2D eigenvalue weighted by Crippen LogP contribution is 2.47. The number of rotatable bonds is 5. The fourth-order valence-electron chi connectivity index (χ4n) is 4.00. The van der Waals surface area contributed by atoms with Crippen LogP contribution in [0.25, 0.3) is 0 Å². The van der Waals surface area contributed by atoms with Crippen molar-refractivity contribution in [3.8, 4) is 5.75 Å². The predicted octanol–water partition coefficient (Wildman–Crippen LogP) is 1.73. The zero-order valence-corrected chi connectivity index (χ0v) is 12.5. The van der Waals surface area contributed by atoms with Gasteiger partial charge in [-0.25, -0.2) is 0 Å². The first-order valence-electron chi connectivity index (χ1n) is 7.85. The van der Waals surface area contributed by atoms with E-state index >= 15 is 0 Å². The number of amides is 1. The molecular formula is C17H24N2O2. The van der Waals surface area contributed by atoms with Gasteiger partial charge in [0, 0.05) is 12.6 Å². The Kier molecular flexibility index (Phi) is 4.15. The van der Waals surface area contributed by atoms with E-state index in [0.717, 1.165) is 18.6 Å². The highest BCUT2D eigenvalue weighted by Gasteiger charge is 2.48. The lowest BCUT2D eigenvalue weighted by atomic mass is 9.84. The number of carbonyl (C=O) groups is 1. The van der Waals surface area contributed by atoms with Crippen molar-refractivity contribution in [1.29, 1.82) is 0 Å². The molecule has 21 heavy (non-hydrogen) atoms. The summed E-state index contributed by atoms with van der Waals surface area (Å²) in [4.78, 5) is 12.3. The third-order valence-corrected chi connectivity index (χ3v) is 5.13. The number of hydrogen-bond acceptors (Lipinski definition) is 3. The molecule has 0 heterocycles. The van der Waals surface area contributed by atoms with Gasteiger partial charge < -0.3 is 15.8 Å². The topological polar surface area (TPSA) is 64.3 Å². The SMILES string of the molecule is COc1cccc(CCNC(=O)C2C3CCC(C3)C2N)c1. The summed E-state index contributed by atoms with van der Waals surface area (Å²) in [7, 11) is 1.66. The Morgan fingerprint density at radius 2 is 2.19 bits per heavy atom. The minimum Gasteiger partial charge on any atom is -0.497 e. The lowest BCUT2D eigenvalue weighted by Crippen LogP contribution is -2.45. The molecule has 0 saturated heterocycles. The second-order valence-electron chi connectivity index (χ2n) is 6.33. The highest BCUT2D eigenvalue weighted by molar-refractivity contribution is 5.80. The molecule has 2 fully saturated rings. The van der Waals surface area contributed by atoms with E-state index in [9.17, 15) is 4.79 Å². The fourth-order valence-corrected chi connectivity index (χ4v) is 4.00. The number of nitrogens with two attached hydrogens (primary N) is 1. The summed E-state index contributed by atoms with van der Waals surface area (Å²) in [6, 6.07) is 8.03. The number of hydrogen-bond donors (Lipinski definition) is 2. The summed E-state index contributed by atoms with van der Waals surface area (Å²) in [6.07, 6.45) is 4.35. The molecule has 2 saturated carbocycles. The number of nitrogens with one attached hydrogen (secondary N) is 1.